The summed E-state index contributed by atoms with van der Waals surface area (Å²) in [6, 6.07) is 5.09. The summed E-state index contributed by atoms with van der Waals surface area (Å²) in [4.78, 5) is 28.0. The molecule has 0 radical (unpaired) electrons. The van der Waals surface area contributed by atoms with Gasteiger partial charge in [0.1, 0.15) is 5.60 Å². The van der Waals surface area contributed by atoms with Crippen LogP contribution in [-0.2, 0) is 9.53 Å². The maximum Gasteiger partial charge on any atom is 0.410 e. The third-order valence-electron chi connectivity index (χ3n) is 3.91. The van der Waals surface area contributed by atoms with Gasteiger partial charge < -0.3 is 15.0 Å². The van der Waals surface area contributed by atoms with E-state index in [9.17, 15) is 9.59 Å². The lowest BCUT2D eigenvalue weighted by Gasteiger charge is -2.35. The van der Waals surface area contributed by atoms with Crippen LogP contribution in [0.2, 0.25) is 10.0 Å². The molecule has 0 spiro atoms. The molecule has 0 aromatic heterocycles. The zero-order valence-electron chi connectivity index (χ0n) is 15.3. The molecule has 1 N–H and O–H groups in total. The molecule has 0 atom stereocenters. The number of piperazine rings is 1. The van der Waals surface area contributed by atoms with E-state index in [-0.39, 0.29) is 12.0 Å². The molecule has 1 heterocycles. The van der Waals surface area contributed by atoms with Crippen LogP contribution in [0.5, 0.6) is 0 Å². The Kier molecular flexibility index (Phi) is 7.15. The Morgan fingerprint density at radius 2 is 1.69 bits per heavy atom. The van der Waals surface area contributed by atoms with Crippen LogP contribution in [0.1, 0.15) is 27.2 Å². The fourth-order valence-electron chi connectivity index (χ4n) is 2.56. The van der Waals surface area contributed by atoms with Crippen LogP contribution in [0.15, 0.2) is 18.2 Å². The quantitative estimate of drug-likeness (QED) is 0.831. The van der Waals surface area contributed by atoms with Crippen LogP contribution in [0.3, 0.4) is 0 Å². The summed E-state index contributed by atoms with van der Waals surface area (Å²) < 4.78 is 5.38. The number of rotatable bonds is 4. The average Bonchev–Trinajstić information content (AvgIpc) is 2.55. The highest BCUT2D eigenvalue weighted by molar-refractivity contribution is 6.39. The highest BCUT2D eigenvalue weighted by atomic mass is 35.5. The lowest BCUT2D eigenvalue weighted by molar-refractivity contribution is -0.116. The third kappa shape index (κ3) is 6.34. The summed E-state index contributed by atoms with van der Waals surface area (Å²) in [5.41, 5.74) is -0.0534. The van der Waals surface area contributed by atoms with Crippen molar-refractivity contribution in [2.24, 2.45) is 0 Å². The van der Waals surface area contributed by atoms with E-state index in [1.165, 1.54) is 0 Å². The standard InChI is InChI=1S/C18H25Cl2N3O3/c1-18(2,3)26-17(25)23-11-9-22(10-12-23)8-7-15(24)21-16-13(19)5-4-6-14(16)20/h4-6H,7-12H2,1-3H3,(H,21,24). The number of carbonyl (C=O) groups is 2. The first-order valence-corrected chi connectivity index (χ1v) is 9.35. The first kappa shape index (κ1) is 20.8. The fraction of sp³-hybridized carbons (Fsp3) is 0.556. The zero-order chi connectivity index (χ0) is 19.3. The minimum absolute atomic E-state index is 0.144. The summed E-state index contributed by atoms with van der Waals surface area (Å²) in [5, 5.41) is 3.58. The average molecular weight is 402 g/mol. The van der Waals surface area contributed by atoms with Crippen molar-refractivity contribution in [1.82, 2.24) is 9.80 Å². The Labute approximate surface area is 164 Å². The minimum atomic E-state index is -0.494. The number of amides is 2. The molecule has 2 amide bonds. The number of nitrogens with zero attached hydrogens (tertiary/aromatic N) is 2. The SMILES string of the molecule is CC(C)(C)OC(=O)N1CCN(CCC(=O)Nc2c(Cl)cccc2Cl)CC1. The van der Waals surface area contributed by atoms with E-state index in [2.05, 4.69) is 10.2 Å². The largest absolute Gasteiger partial charge is 0.444 e. The summed E-state index contributed by atoms with van der Waals surface area (Å²) >= 11 is 12.1. The van der Waals surface area contributed by atoms with Gasteiger partial charge in [-0.1, -0.05) is 29.3 Å². The highest BCUT2D eigenvalue weighted by Crippen LogP contribution is 2.29. The van der Waals surface area contributed by atoms with Crippen molar-refractivity contribution >= 4 is 40.9 Å². The van der Waals surface area contributed by atoms with Crippen molar-refractivity contribution in [3.05, 3.63) is 28.2 Å². The number of ether oxygens (including phenoxy) is 1. The Morgan fingerprint density at radius 3 is 2.23 bits per heavy atom. The predicted molar refractivity (Wildman–Crippen MR) is 104 cm³/mol. The van der Waals surface area contributed by atoms with Crippen molar-refractivity contribution in [2.45, 2.75) is 32.8 Å². The van der Waals surface area contributed by atoms with Gasteiger partial charge in [0.2, 0.25) is 5.91 Å². The molecule has 6 nitrogen and oxygen atoms in total. The van der Waals surface area contributed by atoms with E-state index in [1.54, 1.807) is 23.1 Å². The Balaban J connectivity index is 1.74. The van der Waals surface area contributed by atoms with E-state index < -0.39 is 5.60 Å². The van der Waals surface area contributed by atoms with Gasteiger partial charge in [0.25, 0.3) is 0 Å². The smallest absolute Gasteiger partial charge is 0.410 e. The van der Waals surface area contributed by atoms with Crippen LogP contribution < -0.4 is 5.32 Å². The van der Waals surface area contributed by atoms with Gasteiger partial charge in [0.05, 0.1) is 15.7 Å². The van der Waals surface area contributed by atoms with Gasteiger partial charge in [-0.15, -0.1) is 0 Å². The molecule has 2 rings (SSSR count). The van der Waals surface area contributed by atoms with Crippen LogP contribution in [0.25, 0.3) is 0 Å². The molecule has 1 aliphatic rings. The molecule has 8 heteroatoms. The molecule has 1 aromatic rings. The van der Waals surface area contributed by atoms with Gasteiger partial charge in [-0.2, -0.15) is 0 Å². The molecule has 1 saturated heterocycles. The lowest BCUT2D eigenvalue weighted by atomic mass is 10.2. The van der Waals surface area contributed by atoms with Gasteiger partial charge >= 0.3 is 6.09 Å². The van der Waals surface area contributed by atoms with Crippen LogP contribution >= 0.6 is 23.2 Å². The minimum Gasteiger partial charge on any atom is -0.444 e. The molecule has 0 aliphatic carbocycles. The number of anilines is 1. The molecule has 1 aliphatic heterocycles. The lowest BCUT2D eigenvalue weighted by Crippen LogP contribution is -2.50. The van der Waals surface area contributed by atoms with Gasteiger partial charge in [-0.05, 0) is 32.9 Å². The molecule has 0 saturated carbocycles. The van der Waals surface area contributed by atoms with Gasteiger partial charge in [-0.3, -0.25) is 9.69 Å². The van der Waals surface area contributed by atoms with E-state index in [0.717, 1.165) is 0 Å². The summed E-state index contributed by atoms with van der Waals surface area (Å²) in [7, 11) is 0. The second-order valence-corrected chi connectivity index (χ2v) is 8.02. The summed E-state index contributed by atoms with van der Waals surface area (Å²) in [5.74, 6) is -0.144. The number of halogens is 2. The van der Waals surface area contributed by atoms with E-state index in [1.807, 2.05) is 20.8 Å². The fourth-order valence-corrected chi connectivity index (χ4v) is 3.05. The highest BCUT2D eigenvalue weighted by Gasteiger charge is 2.25. The van der Waals surface area contributed by atoms with E-state index >= 15 is 0 Å². The van der Waals surface area contributed by atoms with E-state index in [4.69, 9.17) is 27.9 Å². The molecule has 144 valence electrons. The number of nitrogens with one attached hydrogen (secondary N) is 1. The predicted octanol–water partition coefficient (Wildman–Crippen LogP) is 3.87. The van der Waals surface area contributed by atoms with Crippen LogP contribution in [0, 0.1) is 0 Å². The van der Waals surface area contributed by atoms with Gasteiger partial charge in [-0.25, -0.2) is 4.79 Å². The normalized spacial score (nSPS) is 15.7. The summed E-state index contributed by atoms with van der Waals surface area (Å²) in [6.45, 7) is 8.76. The number of carbonyl (C=O) groups excluding carboxylic acids is 2. The molecule has 0 bridgehead atoms. The van der Waals surface area contributed by atoms with Crippen LogP contribution in [0.4, 0.5) is 10.5 Å². The van der Waals surface area contributed by atoms with Crippen molar-refractivity contribution in [2.75, 3.05) is 38.0 Å². The number of hydrogen-bond acceptors (Lipinski definition) is 4. The van der Waals surface area contributed by atoms with Crippen LogP contribution in [-0.4, -0.2) is 60.1 Å². The number of hydrogen-bond donors (Lipinski definition) is 1. The van der Waals surface area contributed by atoms with Gasteiger partial charge in [0.15, 0.2) is 0 Å². The van der Waals surface area contributed by atoms with E-state index in [0.29, 0.717) is 54.9 Å². The molecular weight excluding hydrogens is 377 g/mol. The second kappa shape index (κ2) is 8.93. The Morgan fingerprint density at radius 1 is 1.12 bits per heavy atom. The molecule has 26 heavy (non-hydrogen) atoms. The molecular formula is C18H25Cl2N3O3. The third-order valence-corrected chi connectivity index (χ3v) is 4.54. The van der Waals surface area contributed by atoms with Crippen molar-refractivity contribution < 1.29 is 14.3 Å². The van der Waals surface area contributed by atoms with Crippen molar-refractivity contribution in [1.29, 1.82) is 0 Å². The monoisotopic (exact) mass is 401 g/mol. The maximum atomic E-state index is 12.1. The Bertz CT molecular complexity index is 633. The number of para-hydroxylation sites is 1. The zero-order valence-corrected chi connectivity index (χ0v) is 16.9. The van der Waals surface area contributed by atoms with Crippen molar-refractivity contribution in [3.8, 4) is 0 Å². The molecule has 1 aromatic carbocycles. The first-order chi connectivity index (χ1) is 12.2. The maximum absolute atomic E-state index is 12.1. The topological polar surface area (TPSA) is 61.9 Å². The first-order valence-electron chi connectivity index (χ1n) is 8.60. The molecule has 1 fully saturated rings. The van der Waals surface area contributed by atoms with Gasteiger partial charge in [0, 0.05) is 39.1 Å². The number of benzene rings is 1. The van der Waals surface area contributed by atoms with Crippen molar-refractivity contribution in [3.63, 3.8) is 0 Å². The second-order valence-electron chi connectivity index (χ2n) is 7.20. The molecule has 0 unspecified atom stereocenters. The summed E-state index contributed by atoms with van der Waals surface area (Å²) in [6.07, 6.45) is 0.0387. The Hall–Kier alpha value is -1.50.